The van der Waals surface area contributed by atoms with E-state index in [4.69, 9.17) is 0 Å². The molecule has 7 nitrogen and oxygen atoms in total. The van der Waals surface area contributed by atoms with Crippen molar-refractivity contribution in [3.8, 4) is 0 Å². The molecule has 3 rings (SSSR count). The van der Waals surface area contributed by atoms with Crippen LogP contribution in [0, 0.1) is 6.92 Å². The fraction of sp³-hybridized carbons (Fsp3) is 0.529. The van der Waals surface area contributed by atoms with Crippen molar-refractivity contribution in [2.75, 3.05) is 25.9 Å². The number of nitrogens with zero attached hydrogens (tertiary/aromatic N) is 4. The lowest BCUT2D eigenvalue weighted by atomic mass is 10.2. The zero-order chi connectivity index (χ0) is 18.2. The van der Waals surface area contributed by atoms with E-state index < -0.39 is 14.6 Å². The van der Waals surface area contributed by atoms with E-state index >= 15 is 0 Å². The molecule has 1 N–H and O–H groups in total. The Morgan fingerprint density at radius 2 is 2.20 bits per heavy atom. The fourth-order valence-electron chi connectivity index (χ4n) is 3.05. The van der Waals surface area contributed by atoms with E-state index in [0.29, 0.717) is 25.6 Å². The maximum absolute atomic E-state index is 12.2. The molecule has 1 aliphatic heterocycles. The molecular formula is C17H25N5O2S. The van der Waals surface area contributed by atoms with Gasteiger partial charge in [-0.1, -0.05) is 0 Å². The molecule has 25 heavy (non-hydrogen) atoms. The van der Waals surface area contributed by atoms with Crippen LogP contribution >= 0.6 is 0 Å². The van der Waals surface area contributed by atoms with Gasteiger partial charge in [0.25, 0.3) is 0 Å². The van der Waals surface area contributed by atoms with Gasteiger partial charge in [0.15, 0.2) is 15.8 Å². The second-order valence-corrected chi connectivity index (χ2v) is 9.85. The molecule has 0 aromatic carbocycles. The van der Waals surface area contributed by atoms with Gasteiger partial charge in [-0.3, -0.25) is 4.99 Å². The summed E-state index contributed by atoms with van der Waals surface area (Å²) < 4.78 is 25.5. The van der Waals surface area contributed by atoms with Crippen LogP contribution in [0.4, 0.5) is 0 Å². The molecule has 0 saturated carbocycles. The minimum absolute atomic E-state index is 0.147. The Hall–Kier alpha value is -2.09. The highest BCUT2D eigenvalue weighted by Crippen LogP contribution is 2.23. The fourth-order valence-corrected chi connectivity index (χ4v) is 4.41. The normalized spacial score (nSPS) is 20.0. The van der Waals surface area contributed by atoms with Crippen LogP contribution in [0.2, 0.25) is 0 Å². The monoisotopic (exact) mass is 363 g/mol. The van der Waals surface area contributed by atoms with E-state index in [-0.39, 0.29) is 5.75 Å². The first-order valence-corrected chi connectivity index (χ1v) is 9.99. The van der Waals surface area contributed by atoms with Gasteiger partial charge in [0.1, 0.15) is 5.65 Å². The van der Waals surface area contributed by atoms with Crippen molar-refractivity contribution in [2.24, 2.45) is 4.99 Å². The molecule has 3 heterocycles. The Balaban J connectivity index is 1.70. The average molecular weight is 363 g/mol. The number of aromatic nitrogens is 2. The van der Waals surface area contributed by atoms with Crippen LogP contribution in [-0.4, -0.2) is 59.3 Å². The van der Waals surface area contributed by atoms with Gasteiger partial charge in [-0.2, -0.15) is 0 Å². The molecule has 0 atom stereocenters. The molecular weight excluding hydrogens is 338 g/mol. The number of guanidine groups is 1. The zero-order valence-corrected chi connectivity index (χ0v) is 16.0. The van der Waals surface area contributed by atoms with Crippen molar-refractivity contribution in [1.29, 1.82) is 0 Å². The first kappa shape index (κ1) is 17.7. The topological polar surface area (TPSA) is 79.1 Å². The van der Waals surface area contributed by atoms with Crippen molar-refractivity contribution < 1.29 is 8.42 Å². The predicted molar refractivity (Wildman–Crippen MR) is 99.6 cm³/mol. The van der Waals surface area contributed by atoms with E-state index in [1.807, 2.05) is 40.8 Å². The number of imidazole rings is 1. The third-order valence-electron chi connectivity index (χ3n) is 4.65. The van der Waals surface area contributed by atoms with Gasteiger partial charge < -0.3 is 14.6 Å². The summed E-state index contributed by atoms with van der Waals surface area (Å²) in [6.45, 7) is 7.01. The summed E-state index contributed by atoms with van der Waals surface area (Å²) in [7, 11) is -1.35. The SMILES string of the molecule is CN=C(NCc1cn2ccc(C)cc2n1)N1CCS(=O)(=O)C(C)(C)C1. The van der Waals surface area contributed by atoms with E-state index in [1.54, 1.807) is 20.9 Å². The Labute approximate surface area is 148 Å². The summed E-state index contributed by atoms with van der Waals surface area (Å²) in [4.78, 5) is 10.9. The van der Waals surface area contributed by atoms with Crippen LogP contribution in [0.1, 0.15) is 25.1 Å². The molecule has 0 bridgehead atoms. The molecule has 0 unspecified atom stereocenters. The van der Waals surface area contributed by atoms with Crippen molar-refractivity contribution in [1.82, 2.24) is 19.6 Å². The zero-order valence-electron chi connectivity index (χ0n) is 15.2. The van der Waals surface area contributed by atoms with E-state index in [2.05, 4.69) is 15.3 Å². The summed E-state index contributed by atoms with van der Waals surface area (Å²) in [6.07, 6.45) is 3.98. The van der Waals surface area contributed by atoms with E-state index in [1.165, 1.54) is 5.56 Å². The van der Waals surface area contributed by atoms with E-state index in [9.17, 15) is 8.42 Å². The third kappa shape index (κ3) is 3.49. The van der Waals surface area contributed by atoms with Gasteiger partial charge >= 0.3 is 0 Å². The number of rotatable bonds is 2. The van der Waals surface area contributed by atoms with Crippen molar-refractivity contribution in [3.05, 3.63) is 35.8 Å². The molecule has 8 heteroatoms. The standard InChI is InChI=1S/C17H25N5O2S/c1-13-5-6-21-11-14(20-15(21)9-13)10-19-16(18-4)22-7-8-25(23,24)17(2,3)12-22/h5-6,9,11H,7-8,10,12H2,1-4H3,(H,18,19). The quantitative estimate of drug-likeness (QED) is 0.641. The lowest BCUT2D eigenvalue weighted by Crippen LogP contribution is -2.57. The van der Waals surface area contributed by atoms with Gasteiger partial charge in [0.05, 0.1) is 22.7 Å². The molecule has 1 saturated heterocycles. The first-order valence-electron chi connectivity index (χ1n) is 8.34. The van der Waals surface area contributed by atoms with Crippen molar-refractivity contribution >= 4 is 21.4 Å². The molecule has 0 spiro atoms. The smallest absolute Gasteiger partial charge is 0.194 e. The van der Waals surface area contributed by atoms with Gasteiger partial charge in [-0.25, -0.2) is 13.4 Å². The predicted octanol–water partition coefficient (Wildman–Crippen LogP) is 1.23. The molecule has 1 fully saturated rings. The lowest BCUT2D eigenvalue weighted by Gasteiger charge is -2.39. The van der Waals surface area contributed by atoms with Crippen LogP contribution < -0.4 is 5.32 Å². The van der Waals surface area contributed by atoms with Crippen molar-refractivity contribution in [2.45, 2.75) is 32.1 Å². The van der Waals surface area contributed by atoms with Crippen LogP contribution in [0.15, 0.2) is 29.5 Å². The number of sulfone groups is 1. The van der Waals surface area contributed by atoms with Crippen LogP contribution in [0.5, 0.6) is 0 Å². The minimum Gasteiger partial charge on any atom is -0.351 e. The number of aliphatic imine (C=N–C) groups is 1. The average Bonchev–Trinajstić information content (AvgIpc) is 2.93. The van der Waals surface area contributed by atoms with Gasteiger partial charge in [-0.15, -0.1) is 0 Å². The molecule has 136 valence electrons. The maximum atomic E-state index is 12.2. The number of hydrogen-bond donors (Lipinski definition) is 1. The summed E-state index contributed by atoms with van der Waals surface area (Å²) in [5.41, 5.74) is 3.00. The summed E-state index contributed by atoms with van der Waals surface area (Å²) in [5.74, 6) is 0.852. The summed E-state index contributed by atoms with van der Waals surface area (Å²) in [6, 6.07) is 4.08. The van der Waals surface area contributed by atoms with Crippen LogP contribution in [0.25, 0.3) is 5.65 Å². The first-order chi connectivity index (χ1) is 11.7. The second kappa shape index (κ2) is 6.33. The Morgan fingerprint density at radius 1 is 1.44 bits per heavy atom. The molecule has 0 radical (unpaired) electrons. The highest BCUT2D eigenvalue weighted by molar-refractivity contribution is 7.92. The van der Waals surface area contributed by atoms with Crippen LogP contribution in [-0.2, 0) is 16.4 Å². The van der Waals surface area contributed by atoms with E-state index in [0.717, 1.165) is 11.3 Å². The second-order valence-electron chi connectivity index (χ2n) is 7.10. The van der Waals surface area contributed by atoms with Crippen LogP contribution in [0.3, 0.4) is 0 Å². The lowest BCUT2D eigenvalue weighted by molar-refractivity contribution is 0.353. The highest BCUT2D eigenvalue weighted by Gasteiger charge is 2.40. The molecule has 0 aliphatic carbocycles. The third-order valence-corrected chi connectivity index (χ3v) is 7.18. The Kier molecular flexibility index (Phi) is 4.49. The number of hydrogen-bond acceptors (Lipinski definition) is 4. The molecule has 1 aliphatic rings. The van der Waals surface area contributed by atoms with Gasteiger partial charge in [-0.05, 0) is 38.5 Å². The van der Waals surface area contributed by atoms with Gasteiger partial charge in [0, 0.05) is 32.5 Å². The number of aryl methyl sites for hydroxylation is 1. The molecule has 2 aromatic rings. The molecule has 0 amide bonds. The highest BCUT2D eigenvalue weighted by atomic mass is 32.2. The summed E-state index contributed by atoms with van der Waals surface area (Å²) in [5, 5.41) is 3.30. The maximum Gasteiger partial charge on any atom is 0.194 e. The summed E-state index contributed by atoms with van der Waals surface area (Å²) >= 11 is 0. The molecule has 2 aromatic heterocycles. The largest absolute Gasteiger partial charge is 0.351 e. The van der Waals surface area contributed by atoms with Gasteiger partial charge in [0.2, 0.25) is 0 Å². The number of fused-ring (bicyclic) bond motifs is 1. The minimum atomic E-state index is -3.06. The Bertz CT molecular complexity index is 914. The number of pyridine rings is 1. The Morgan fingerprint density at radius 3 is 2.88 bits per heavy atom. The number of nitrogens with one attached hydrogen (secondary N) is 1. The van der Waals surface area contributed by atoms with Crippen molar-refractivity contribution in [3.63, 3.8) is 0 Å².